The van der Waals surface area contributed by atoms with Gasteiger partial charge >= 0.3 is 0 Å². The summed E-state index contributed by atoms with van der Waals surface area (Å²) in [5.74, 6) is 0.717. The molecule has 2 unspecified atom stereocenters. The van der Waals surface area contributed by atoms with Crippen molar-refractivity contribution in [3.05, 3.63) is 0 Å². The van der Waals surface area contributed by atoms with E-state index >= 15 is 0 Å². The van der Waals surface area contributed by atoms with E-state index in [1.807, 2.05) is 0 Å². The molecule has 0 aromatic carbocycles. The lowest BCUT2D eigenvalue weighted by molar-refractivity contribution is -0.124. The van der Waals surface area contributed by atoms with Gasteiger partial charge in [-0.3, -0.25) is 4.79 Å². The molecule has 2 atom stereocenters. The van der Waals surface area contributed by atoms with Crippen molar-refractivity contribution in [3.8, 4) is 0 Å². The molecule has 1 rings (SSSR count). The number of hydrogen-bond acceptors (Lipinski definition) is 2. The molecule has 0 saturated heterocycles. The average molecular weight is 282 g/mol. The molecule has 1 aliphatic carbocycles. The minimum Gasteiger partial charge on any atom is -0.349 e. The molecule has 118 valence electrons. The predicted octanol–water partition coefficient (Wildman–Crippen LogP) is 3.76. The summed E-state index contributed by atoms with van der Waals surface area (Å²) in [6, 6.07) is 0. The van der Waals surface area contributed by atoms with Crippen molar-refractivity contribution in [1.29, 1.82) is 0 Å². The van der Waals surface area contributed by atoms with Gasteiger partial charge in [-0.15, -0.1) is 0 Å². The largest absolute Gasteiger partial charge is 0.349 e. The van der Waals surface area contributed by atoms with Gasteiger partial charge in [0.15, 0.2) is 0 Å². The molecule has 0 heterocycles. The Balaban J connectivity index is 2.25. The van der Waals surface area contributed by atoms with E-state index in [1.165, 1.54) is 51.4 Å². The van der Waals surface area contributed by atoms with Crippen molar-refractivity contribution in [3.63, 3.8) is 0 Å². The first-order valence-corrected chi connectivity index (χ1v) is 8.65. The second-order valence-corrected chi connectivity index (χ2v) is 6.57. The summed E-state index contributed by atoms with van der Waals surface area (Å²) in [7, 11) is 0. The zero-order chi connectivity index (χ0) is 14.8. The molecule has 0 aromatic heterocycles. The summed E-state index contributed by atoms with van der Waals surface area (Å²) in [6.07, 6.45) is 12.7. The zero-order valence-electron chi connectivity index (χ0n) is 13.5. The smallest absolute Gasteiger partial charge is 0.220 e. The van der Waals surface area contributed by atoms with Crippen molar-refractivity contribution >= 4 is 5.91 Å². The van der Waals surface area contributed by atoms with Crippen LogP contribution in [-0.2, 0) is 4.79 Å². The lowest BCUT2D eigenvalue weighted by Crippen LogP contribution is -2.59. The van der Waals surface area contributed by atoms with Gasteiger partial charge in [-0.25, -0.2) is 0 Å². The number of amides is 1. The highest BCUT2D eigenvalue weighted by Crippen LogP contribution is 2.33. The Hall–Kier alpha value is -0.570. The van der Waals surface area contributed by atoms with Gasteiger partial charge in [-0.1, -0.05) is 58.8 Å². The minimum absolute atomic E-state index is 0.127. The fraction of sp³-hybridized carbons (Fsp3) is 0.941. The number of carbonyl (C=O) groups excluding carboxylic acids is 1. The first-order chi connectivity index (χ1) is 9.64. The highest BCUT2D eigenvalue weighted by Gasteiger charge is 2.37. The van der Waals surface area contributed by atoms with Gasteiger partial charge in [0.2, 0.25) is 5.91 Å². The van der Waals surface area contributed by atoms with Crippen LogP contribution in [0.15, 0.2) is 0 Å². The fourth-order valence-electron chi connectivity index (χ4n) is 3.36. The van der Waals surface area contributed by atoms with Gasteiger partial charge in [0.05, 0.1) is 5.54 Å². The highest BCUT2D eigenvalue weighted by atomic mass is 16.1. The standard InChI is InChI=1S/C17H34N2O/c1-3-4-5-6-7-8-12-16(20)19-17(14-18)13-10-9-11-15(17)2/h15H,3-14,18H2,1-2H3,(H,19,20). The molecule has 3 nitrogen and oxygen atoms in total. The Labute approximate surface area is 125 Å². The number of nitrogens with one attached hydrogen (secondary N) is 1. The van der Waals surface area contributed by atoms with Crippen molar-refractivity contribution in [2.45, 2.75) is 90.0 Å². The maximum atomic E-state index is 12.1. The number of unbranched alkanes of at least 4 members (excludes halogenated alkanes) is 5. The van der Waals surface area contributed by atoms with E-state index < -0.39 is 0 Å². The third-order valence-electron chi connectivity index (χ3n) is 4.96. The zero-order valence-corrected chi connectivity index (χ0v) is 13.5. The quantitative estimate of drug-likeness (QED) is 0.633. The Kier molecular flexibility index (Phi) is 8.20. The van der Waals surface area contributed by atoms with Crippen LogP contribution in [0.4, 0.5) is 0 Å². The van der Waals surface area contributed by atoms with E-state index in [-0.39, 0.29) is 11.4 Å². The van der Waals surface area contributed by atoms with E-state index in [1.54, 1.807) is 0 Å². The van der Waals surface area contributed by atoms with Crippen molar-refractivity contribution in [2.75, 3.05) is 6.54 Å². The maximum Gasteiger partial charge on any atom is 0.220 e. The number of nitrogens with two attached hydrogens (primary N) is 1. The summed E-state index contributed by atoms with van der Waals surface area (Å²) in [6.45, 7) is 5.04. The van der Waals surface area contributed by atoms with Crippen LogP contribution in [0, 0.1) is 5.92 Å². The topological polar surface area (TPSA) is 55.1 Å². The molecule has 1 amide bonds. The van der Waals surface area contributed by atoms with E-state index in [0.717, 1.165) is 12.8 Å². The molecule has 0 aliphatic heterocycles. The van der Waals surface area contributed by atoms with Crippen LogP contribution < -0.4 is 11.1 Å². The van der Waals surface area contributed by atoms with Crippen LogP contribution in [-0.4, -0.2) is 18.0 Å². The molecular weight excluding hydrogens is 248 g/mol. The third-order valence-corrected chi connectivity index (χ3v) is 4.96. The van der Waals surface area contributed by atoms with E-state index in [9.17, 15) is 4.79 Å². The maximum absolute atomic E-state index is 12.1. The highest BCUT2D eigenvalue weighted by molar-refractivity contribution is 5.76. The van der Waals surface area contributed by atoms with Crippen LogP contribution in [0.2, 0.25) is 0 Å². The minimum atomic E-state index is -0.127. The molecule has 0 bridgehead atoms. The Morgan fingerprint density at radius 2 is 1.90 bits per heavy atom. The Bertz CT molecular complexity index is 280. The monoisotopic (exact) mass is 282 g/mol. The SMILES string of the molecule is CCCCCCCCC(=O)NC1(CN)CCCCC1C. The molecule has 20 heavy (non-hydrogen) atoms. The lowest BCUT2D eigenvalue weighted by Gasteiger charge is -2.42. The molecule has 0 radical (unpaired) electrons. The molecular formula is C17H34N2O. The molecule has 0 spiro atoms. The summed E-state index contributed by atoms with van der Waals surface area (Å²) >= 11 is 0. The van der Waals surface area contributed by atoms with Gasteiger partial charge in [-0.2, -0.15) is 0 Å². The Morgan fingerprint density at radius 1 is 1.20 bits per heavy atom. The molecule has 3 N–H and O–H groups in total. The van der Waals surface area contributed by atoms with Gasteiger partial charge in [-0.05, 0) is 25.2 Å². The molecule has 1 saturated carbocycles. The second-order valence-electron chi connectivity index (χ2n) is 6.57. The first kappa shape index (κ1) is 17.5. The summed E-state index contributed by atoms with van der Waals surface area (Å²) < 4.78 is 0. The van der Waals surface area contributed by atoms with Crippen LogP contribution >= 0.6 is 0 Å². The Morgan fingerprint density at radius 3 is 2.55 bits per heavy atom. The van der Waals surface area contributed by atoms with Gasteiger partial charge < -0.3 is 11.1 Å². The summed E-state index contributed by atoms with van der Waals surface area (Å²) in [5.41, 5.74) is 5.84. The fourth-order valence-corrected chi connectivity index (χ4v) is 3.36. The lowest BCUT2D eigenvalue weighted by atomic mass is 9.73. The molecule has 1 fully saturated rings. The van der Waals surface area contributed by atoms with Crippen molar-refractivity contribution in [2.24, 2.45) is 11.7 Å². The average Bonchev–Trinajstić information content (AvgIpc) is 2.45. The van der Waals surface area contributed by atoms with Crippen LogP contribution in [0.5, 0.6) is 0 Å². The number of rotatable bonds is 9. The summed E-state index contributed by atoms with van der Waals surface area (Å²) in [4.78, 5) is 12.1. The van der Waals surface area contributed by atoms with Gasteiger partial charge in [0, 0.05) is 13.0 Å². The number of hydrogen-bond donors (Lipinski definition) is 2. The van der Waals surface area contributed by atoms with Crippen LogP contribution in [0.3, 0.4) is 0 Å². The van der Waals surface area contributed by atoms with Crippen LogP contribution in [0.25, 0.3) is 0 Å². The van der Waals surface area contributed by atoms with E-state index in [0.29, 0.717) is 18.9 Å². The number of carbonyl (C=O) groups is 1. The first-order valence-electron chi connectivity index (χ1n) is 8.65. The molecule has 3 heteroatoms. The third kappa shape index (κ3) is 5.43. The predicted molar refractivity (Wildman–Crippen MR) is 85.6 cm³/mol. The van der Waals surface area contributed by atoms with E-state index in [4.69, 9.17) is 5.73 Å². The second kappa shape index (κ2) is 9.38. The normalized spacial score (nSPS) is 26.4. The van der Waals surface area contributed by atoms with Crippen molar-refractivity contribution in [1.82, 2.24) is 5.32 Å². The molecule has 0 aromatic rings. The van der Waals surface area contributed by atoms with Crippen molar-refractivity contribution < 1.29 is 4.79 Å². The van der Waals surface area contributed by atoms with Gasteiger partial charge in [0.25, 0.3) is 0 Å². The summed E-state index contributed by atoms with van der Waals surface area (Å²) in [5, 5.41) is 3.27. The van der Waals surface area contributed by atoms with E-state index in [2.05, 4.69) is 19.2 Å². The van der Waals surface area contributed by atoms with Crippen LogP contribution in [0.1, 0.15) is 84.5 Å². The van der Waals surface area contributed by atoms with Gasteiger partial charge in [0.1, 0.15) is 0 Å². The molecule has 1 aliphatic rings.